The fourth-order valence-electron chi connectivity index (χ4n) is 3.06. The standard InChI is InChI=1S/C16H21N3O3S/c1-18-11-14(10-17-18)9-13-7-8-19(12-13)23(20,21)16-6-4-3-5-15(16)22-2/h3-6,10-11,13H,7-9,12H2,1-2H3/t13-/m0/s1. The molecule has 6 nitrogen and oxygen atoms in total. The Morgan fingerprint density at radius 1 is 1.35 bits per heavy atom. The van der Waals surface area contributed by atoms with Crippen LogP contribution in [0.25, 0.3) is 0 Å². The summed E-state index contributed by atoms with van der Waals surface area (Å²) in [6.07, 6.45) is 5.55. The van der Waals surface area contributed by atoms with E-state index in [1.807, 2.05) is 19.4 Å². The summed E-state index contributed by atoms with van der Waals surface area (Å²) >= 11 is 0. The van der Waals surface area contributed by atoms with Gasteiger partial charge < -0.3 is 4.74 Å². The largest absolute Gasteiger partial charge is 0.495 e. The van der Waals surface area contributed by atoms with E-state index in [4.69, 9.17) is 4.74 Å². The lowest BCUT2D eigenvalue weighted by Gasteiger charge is -2.18. The predicted molar refractivity (Wildman–Crippen MR) is 86.8 cm³/mol. The lowest BCUT2D eigenvalue weighted by atomic mass is 10.0. The molecule has 1 atom stereocenters. The highest BCUT2D eigenvalue weighted by Gasteiger charge is 2.34. The zero-order valence-corrected chi connectivity index (χ0v) is 14.2. The third-order valence-corrected chi connectivity index (χ3v) is 6.12. The van der Waals surface area contributed by atoms with Gasteiger partial charge in [0.25, 0.3) is 0 Å². The summed E-state index contributed by atoms with van der Waals surface area (Å²) in [6, 6.07) is 6.77. The van der Waals surface area contributed by atoms with E-state index in [1.54, 1.807) is 33.3 Å². The maximum Gasteiger partial charge on any atom is 0.246 e. The van der Waals surface area contributed by atoms with Crippen molar-refractivity contribution in [3.8, 4) is 5.75 Å². The van der Waals surface area contributed by atoms with Crippen LogP contribution < -0.4 is 4.74 Å². The van der Waals surface area contributed by atoms with Crippen molar-refractivity contribution in [2.45, 2.75) is 17.7 Å². The van der Waals surface area contributed by atoms with Gasteiger partial charge in [-0.2, -0.15) is 9.40 Å². The summed E-state index contributed by atoms with van der Waals surface area (Å²) in [4.78, 5) is 0.240. The Balaban J connectivity index is 1.75. The molecule has 2 heterocycles. The quantitative estimate of drug-likeness (QED) is 0.834. The van der Waals surface area contributed by atoms with E-state index in [-0.39, 0.29) is 4.90 Å². The lowest BCUT2D eigenvalue weighted by molar-refractivity contribution is 0.397. The van der Waals surface area contributed by atoms with Crippen molar-refractivity contribution in [1.29, 1.82) is 0 Å². The maximum absolute atomic E-state index is 12.8. The monoisotopic (exact) mass is 335 g/mol. The highest BCUT2D eigenvalue weighted by molar-refractivity contribution is 7.89. The predicted octanol–water partition coefficient (Wildman–Crippen LogP) is 1.68. The summed E-state index contributed by atoms with van der Waals surface area (Å²) in [5.74, 6) is 0.715. The van der Waals surface area contributed by atoms with Crippen molar-refractivity contribution in [2.75, 3.05) is 20.2 Å². The molecular formula is C16H21N3O3S. The number of benzene rings is 1. The minimum absolute atomic E-state index is 0.240. The number of nitrogens with zero attached hydrogens (tertiary/aromatic N) is 3. The van der Waals surface area contributed by atoms with Crippen molar-refractivity contribution in [3.63, 3.8) is 0 Å². The molecule has 0 amide bonds. The molecule has 0 bridgehead atoms. The average Bonchev–Trinajstić information content (AvgIpc) is 3.17. The molecule has 1 saturated heterocycles. The zero-order chi connectivity index (χ0) is 16.4. The number of para-hydroxylation sites is 1. The molecule has 23 heavy (non-hydrogen) atoms. The first-order valence-corrected chi connectivity index (χ1v) is 9.05. The van der Waals surface area contributed by atoms with Gasteiger partial charge in [0.1, 0.15) is 10.6 Å². The van der Waals surface area contributed by atoms with Crippen molar-refractivity contribution in [2.24, 2.45) is 13.0 Å². The van der Waals surface area contributed by atoms with Crippen LogP contribution in [0.4, 0.5) is 0 Å². The molecule has 0 radical (unpaired) electrons. The van der Waals surface area contributed by atoms with E-state index in [1.165, 1.54) is 7.11 Å². The number of rotatable bonds is 5. The van der Waals surface area contributed by atoms with Crippen LogP contribution in [-0.2, 0) is 23.5 Å². The highest BCUT2D eigenvalue weighted by Crippen LogP contribution is 2.30. The van der Waals surface area contributed by atoms with Gasteiger partial charge in [-0.1, -0.05) is 12.1 Å². The van der Waals surface area contributed by atoms with Gasteiger partial charge in [0.2, 0.25) is 10.0 Å². The Kier molecular flexibility index (Phi) is 4.41. The second-order valence-corrected chi connectivity index (χ2v) is 7.80. The van der Waals surface area contributed by atoms with E-state index in [9.17, 15) is 8.42 Å². The molecule has 1 aromatic heterocycles. The summed E-state index contributed by atoms with van der Waals surface area (Å²) in [5.41, 5.74) is 1.15. The normalized spacial score (nSPS) is 19.1. The fraction of sp³-hybridized carbons (Fsp3) is 0.438. The van der Waals surface area contributed by atoms with Crippen molar-refractivity contribution in [1.82, 2.24) is 14.1 Å². The first kappa shape index (κ1) is 16.0. The molecule has 1 aromatic carbocycles. The molecule has 1 aliphatic heterocycles. The average molecular weight is 335 g/mol. The number of methoxy groups -OCH3 is 1. The molecule has 0 aliphatic carbocycles. The minimum atomic E-state index is -3.51. The Labute approximate surface area is 136 Å². The fourth-order valence-corrected chi connectivity index (χ4v) is 4.75. The van der Waals surface area contributed by atoms with Crippen LogP contribution in [0.3, 0.4) is 0 Å². The number of aryl methyl sites for hydroxylation is 1. The first-order valence-electron chi connectivity index (χ1n) is 7.61. The molecule has 0 spiro atoms. The van der Waals surface area contributed by atoms with Gasteiger partial charge in [-0.05, 0) is 36.5 Å². The van der Waals surface area contributed by atoms with Crippen molar-refractivity contribution < 1.29 is 13.2 Å². The van der Waals surface area contributed by atoms with Gasteiger partial charge in [-0.15, -0.1) is 0 Å². The van der Waals surface area contributed by atoms with Crippen LogP contribution in [-0.4, -0.2) is 42.7 Å². The van der Waals surface area contributed by atoms with E-state index in [0.29, 0.717) is 24.8 Å². The zero-order valence-electron chi connectivity index (χ0n) is 13.3. The third-order valence-electron chi connectivity index (χ3n) is 4.22. The molecule has 1 aliphatic rings. The van der Waals surface area contributed by atoms with Crippen molar-refractivity contribution in [3.05, 3.63) is 42.2 Å². The van der Waals surface area contributed by atoms with Crippen LogP contribution in [0.2, 0.25) is 0 Å². The topological polar surface area (TPSA) is 64.4 Å². The van der Waals surface area contributed by atoms with Gasteiger partial charge in [-0.25, -0.2) is 8.42 Å². The van der Waals surface area contributed by atoms with Gasteiger partial charge >= 0.3 is 0 Å². The van der Waals surface area contributed by atoms with E-state index in [2.05, 4.69) is 5.10 Å². The van der Waals surface area contributed by atoms with Gasteiger partial charge in [-0.3, -0.25) is 4.68 Å². The van der Waals surface area contributed by atoms with E-state index < -0.39 is 10.0 Å². The Morgan fingerprint density at radius 3 is 2.83 bits per heavy atom. The number of aromatic nitrogens is 2. The summed E-state index contributed by atoms with van der Waals surface area (Å²) in [7, 11) is -0.139. The SMILES string of the molecule is COc1ccccc1S(=O)(=O)N1CC[C@@H](Cc2cnn(C)c2)C1. The highest BCUT2D eigenvalue weighted by atomic mass is 32.2. The molecule has 1 fully saturated rings. The molecule has 2 aromatic rings. The number of sulfonamides is 1. The van der Waals surface area contributed by atoms with Gasteiger partial charge in [0.15, 0.2) is 0 Å². The first-order chi connectivity index (χ1) is 11.0. The smallest absolute Gasteiger partial charge is 0.246 e. The summed E-state index contributed by atoms with van der Waals surface area (Å²) in [6.45, 7) is 1.08. The summed E-state index contributed by atoms with van der Waals surface area (Å²) in [5, 5.41) is 4.17. The maximum atomic E-state index is 12.8. The van der Waals surface area contributed by atoms with Gasteiger partial charge in [0, 0.05) is 26.3 Å². The van der Waals surface area contributed by atoms with Crippen LogP contribution in [0.5, 0.6) is 5.75 Å². The lowest BCUT2D eigenvalue weighted by Crippen LogP contribution is -2.29. The van der Waals surface area contributed by atoms with E-state index in [0.717, 1.165) is 18.4 Å². The second kappa shape index (κ2) is 6.33. The molecule has 124 valence electrons. The number of ether oxygens (including phenoxy) is 1. The van der Waals surface area contributed by atoms with E-state index >= 15 is 0 Å². The van der Waals surface area contributed by atoms with Crippen LogP contribution in [0.15, 0.2) is 41.6 Å². The van der Waals surface area contributed by atoms with Crippen LogP contribution in [0.1, 0.15) is 12.0 Å². The van der Waals surface area contributed by atoms with Gasteiger partial charge in [0.05, 0.1) is 13.3 Å². The molecular weight excluding hydrogens is 314 g/mol. The van der Waals surface area contributed by atoms with Crippen LogP contribution in [0, 0.1) is 5.92 Å². The van der Waals surface area contributed by atoms with Crippen LogP contribution >= 0.6 is 0 Å². The number of hydrogen-bond donors (Lipinski definition) is 0. The second-order valence-electron chi connectivity index (χ2n) is 5.89. The Morgan fingerprint density at radius 2 is 2.13 bits per heavy atom. The molecule has 3 rings (SSSR count). The minimum Gasteiger partial charge on any atom is -0.495 e. The molecule has 0 N–H and O–H groups in total. The molecule has 0 unspecified atom stereocenters. The third kappa shape index (κ3) is 3.25. The molecule has 0 saturated carbocycles. The summed E-state index contributed by atoms with van der Waals surface area (Å²) < 4.78 is 34.2. The Hall–Kier alpha value is -1.86. The molecule has 7 heteroatoms. The van der Waals surface area contributed by atoms with Crippen molar-refractivity contribution >= 4 is 10.0 Å². The Bertz CT molecular complexity index is 785. The number of hydrogen-bond acceptors (Lipinski definition) is 4.